The summed E-state index contributed by atoms with van der Waals surface area (Å²) in [7, 11) is 0. The highest BCUT2D eigenvalue weighted by molar-refractivity contribution is 7.07. The standard InChI is InChI=1S/C16H19NO2S/c1-12(14-5-8-20-11-14)17-10-13-3-4-15-16(9-13)19-7-2-6-18-15/h3-5,8-9,11-12,17H,2,6-7,10H2,1H3. The van der Waals surface area contributed by atoms with Gasteiger partial charge in [-0.25, -0.2) is 0 Å². The van der Waals surface area contributed by atoms with Crippen molar-refractivity contribution in [3.8, 4) is 11.5 Å². The molecule has 0 radical (unpaired) electrons. The number of hydrogen-bond donors (Lipinski definition) is 1. The highest BCUT2D eigenvalue weighted by Crippen LogP contribution is 2.30. The van der Waals surface area contributed by atoms with E-state index < -0.39 is 0 Å². The maximum atomic E-state index is 5.72. The van der Waals surface area contributed by atoms with E-state index in [0.717, 1.165) is 37.7 Å². The van der Waals surface area contributed by atoms with E-state index in [2.05, 4.69) is 41.2 Å². The van der Waals surface area contributed by atoms with Crippen LogP contribution in [0.2, 0.25) is 0 Å². The molecule has 1 atom stereocenters. The number of thiophene rings is 1. The molecule has 0 saturated carbocycles. The van der Waals surface area contributed by atoms with Crippen LogP contribution in [-0.2, 0) is 6.54 Å². The van der Waals surface area contributed by atoms with Crippen molar-refractivity contribution in [1.29, 1.82) is 0 Å². The Morgan fingerprint density at radius 2 is 2.05 bits per heavy atom. The van der Waals surface area contributed by atoms with Gasteiger partial charge in [-0.15, -0.1) is 0 Å². The monoisotopic (exact) mass is 289 g/mol. The molecule has 1 aliphatic rings. The molecular weight excluding hydrogens is 270 g/mol. The van der Waals surface area contributed by atoms with Crippen molar-refractivity contribution in [2.75, 3.05) is 13.2 Å². The smallest absolute Gasteiger partial charge is 0.161 e. The SMILES string of the molecule is CC(NCc1ccc2c(c1)OCCCO2)c1ccsc1. The van der Waals surface area contributed by atoms with Crippen LogP contribution < -0.4 is 14.8 Å². The van der Waals surface area contributed by atoms with Gasteiger partial charge in [0.05, 0.1) is 13.2 Å². The van der Waals surface area contributed by atoms with Crippen LogP contribution in [0.5, 0.6) is 11.5 Å². The summed E-state index contributed by atoms with van der Waals surface area (Å²) in [6, 6.07) is 8.70. The molecule has 1 unspecified atom stereocenters. The fraction of sp³-hybridized carbons (Fsp3) is 0.375. The van der Waals surface area contributed by atoms with Gasteiger partial charge in [-0.3, -0.25) is 0 Å². The third-order valence-corrected chi connectivity index (χ3v) is 4.17. The van der Waals surface area contributed by atoms with Crippen LogP contribution in [-0.4, -0.2) is 13.2 Å². The number of nitrogens with one attached hydrogen (secondary N) is 1. The molecule has 106 valence electrons. The molecule has 0 amide bonds. The second kappa shape index (κ2) is 6.29. The van der Waals surface area contributed by atoms with Crippen LogP contribution in [0.3, 0.4) is 0 Å². The zero-order chi connectivity index (χ0) is 13.8. The molecule has 0 saturated heterocycles. The Balaban J connectivity index is 1.64. The number of rotatable bonds is 4. The Morgan fingerprint density at radius 3 is 2.85 bits per heavy atom. The van der Waals surface area contributed by atoms with Crippen molar-refractivity contribution in [2.45, 2.75) is 25.9 Å². The fourth-order valence-electron chi connectivity index (χ4n) is 2.23. The lowest BCUT2D eigenvalue weighted by Gasteiger charge is -2.14. The first-order valence-electron chi connectivity index (χ1n) is 6.97. The molecule has 1 aromatic carbocycles. The summed E-state index contributed by atoms with van der Waals surface area (Å²) in [5.41, 5.74) is 2.56. The van der Waals surface area contributed by atoms with Gasteiger partial charge in [0, 0.05) is 19.0 Å². The van der Waals surface area contributed by atoms with Crippen LogP contribution in [0.25, 0.3) is 0 Å². The van der Waals surface area contributed by atoms with E-state index in [1.54, 1.807) is 11.3 Å². The molecule has 2 heterocycles. The summed E-state index contributed by atoms with van der Waals surface area (Å²) in [5, 5.41) is 7.83. The van der Waals surface area contributed by atoms with Crippen molar-refractivity contribution >= 4 is 11.3 Å². The maximum absolute atomic E-state index is 5.72. The van der Waals surface area contributed by atoms with E-state index in [-0.39, 0.29) is 0 Å². The lowest BCUT2D eigenvalue weighted by Crippen LogP contribution is -2.17. The molecular formula is C16H19NO2S. The first-order valence-corrected chi connectivity index (χ1v) is 7.91. The largest absolute Gasteiger partial charge is 0.490 e. The van der Waals surface area contributed by atoms with Gasteiger partial charge in [0.25, 0.3) is 0 Å². The first kappa shape index (κ1) is 13.5. The average molecular weight is 289 g/mol. The van der Waals surface area contributed by atoms with Gasteiger partial charge in [0.1, 0.15) is 0 Å². The minimum absolute atomic E-state index is 0.359. The average Bonchev–Trinajstić information content (AvgIpc) is 2.90. The predicted octanol–water partition coefficient (Wildman–Crippen LogP) is 3.76. The van der Waals surface area contributed by atoms with Crippen LogP contribution in [0.4, 0.5) is 0 Å². The van der Waals surface area contributed by atoms with Gasteiger partial charge < -0.3 is 14.8 Å². The zero-order valence-electron chi connectivity index (χ0n) is 11.6. The molecule has 0 bridgehead atoms. The Kier molecular flexibility index (Phi) is 4.23. The number of ether oxygens (including phenoxy) is 2. The van der Waals surface area contributed by atoms with E-state index in [4.69, 9.17) is 9.47 Å². The van der Waals surface area contributed by atoms with Crippen LogP contribution in [0.1, 0.15) is 30.5 Å². The molecule has 0 spiro atoms. The van der Waals surface area contributed by atoms with Crippen LogP contribution in [0.15, 0.2) is 35.0 Å². The summed E-state index contributed by atoms with van der Waals surface area (Å²) in [5.74, 6) is 1.72. The normalized spacial score (nSPS) is 15.7. The van der Waals surface area contributed by atoms with E-state index in [9.17, 15) is 0 Å². The van der Waals surface area contributed by atoms with E-state index in [0.29, 0.717) is 6.04 Å². The Labute approximate surface area is 123 Å². The van der Waals surface area contributed by atoms with Gasteiger partial charge >= 0.3 is 0 Å². The molecule has 3 rings (SSSR count). The fourth-order valence-corrected chi connectivity index (χ4v) is 2.98. The second-order valence-electron chi connectivity index (χ2n) is 4.99. The molecule has 3 nitrogen and oxygen atoms in total. The third-order valence-electron chi connectivity index (χ3n) is 3.47. The van der Waals surface area contributed by atoms with Crippen molar-refractivity contribution < 1.29 is 9.47 Å². The molecule has 0 aliphatic carbocycles. The van der Waals surface area contributed by atoms with E-state index >= 15 is 0 Å². The Hall–Kier alpha value is -1.52. The van der Waals surface area contributed by atoms with Gasteiger partial charge in [-0.2, -0.15) is 11.3 Å². The van der Waals surface area contributed by atoms with Crippen LogP contribution in [0, 0.1) is 0 Å². The highest BCUT2D eigenvalue weighted by atomic mass is 32.1. The van der Waals surface area contributed by atoms with Crippen LogP contribution >= 0.6 is 11.3 Å². The van der Waals surface area contributed by atoms with Crippen molar-refractivity contribution in [2.24, 2.45) is 0 Å². The van der Waals surface area contributed by atoms with Crippen molar-refractivity contribution in [3.63, 3.8) is 0 Å². The van der Waals surface area contributed by atoms with Gasteiger partial charge in [-0.05, 0) is 47.0 Å². The minimum Gasteiger partial charge on any atom is -0.490 e. The zero-order valence-corrected chi connectivity index (χ0v) is 12.4. The number of benzene rings is 1. The lowest BCUT2D eigenvalue weighted by molar-refractivity contribution is 0.297. The van der Waals surface area contributed by atoms with Crippen molar-refractivity contribution in [3.05, 3.63) is 46.2 Å². The first-order chi connectivity index (χ1) is 9.83. The molecule has 1 N–H and O–H groups in total. The molecule has 1 aliphatic heterocycles. The molecule has 1 aromatic heterocycles. The summed E-state index contributed by atoms with van der Waals surface area (Å²) < 4.78 is 11.4. The topological polar surface area (TPSA) is 30.5 Å². The summed E-state index contributed by atoms with van der Waals surface area (Å²) in [6.07, 6.45) is 0.942. The van der Waals surface area contributed by atoms with Gasteiger partial charge in [0.2, 0.25) is 0 Å². The molecule has 0 fully saturated rings. The second-order valence-corrected chi connectivity index (χ2v) is 5.77. The third kappa shape index (κ3) is 3.14. The van der Waals surface area contributed by atoms with Gasteiger partial charge in [-0.1, -0.05) is 6.07 Å². The Morgan fingerprint density at radius 1 is 1.20 bits per heavy atom. The molecule has 4 heteroatoms. The quantitative estimate of drug-likeness (QED) is 0.929. The lowest BCUT2D eigenvalue weighted by atomic mass is 10.1. The predicted molar refractivity (Wildman–Crippen MR) is 81.6 cm³/mol. The number of hydrogen-bond acceptors (Lipinski definition) is 4. The van der Waals surface area contributed by atoms with E-state index in [1.165, 1.54) is 11.1 Å². The van der Waals surface area contributed by atoms with Crippen molar-refractivity contribution in [1.82, 2.24) is 5.32 Å². The highest BCUT2D eigenvalue weighted by Gasteiger charge is 2.11. The Bertz CT molecular complexity index is 554. The number of fused-ring (bicyclic) bond motifs is 1. The molecule has 2 aromatic rings. The summed E-state index contributed by atoms with van der Waals surface area (Å²) in [4.78, 5) is 0. The minimum atomic E-state index is 0.359. The van der Waals surface area contributed by atoms with E-state index in [1.807, 2.05) is 6.07 Å². The van der Waals surface area contributed by atoms with Gasteiger partial charge in [0.15, 0.2) is 11.5 Å². The molecule has 20 heavy (non-hydrogen) atoms. The summed E-state index contributed by atoms with van der Waals surface area (Å²) in [6.45, 7) is 4.48. The maximum Gasteiger partial charge on any atom is 0.161 e. The summed E-state index contributed by atoms with van der Waals surface area (Å²) >= 11 is 1.73.